The monoisotopic (exact) mass is 268 g/mol. The minimum Gasteiger partial charge on any atom is -0.329 e. The average molecular weight is 268 g/mol. The summed E-state index contributed by atoms with van der Waals surface area (Å²) in [6.45, 7) is 12.6. The zero-order chi connectivity index (χ0) is 13.9. The molecule has 2 aliphatic rings. The standard InChI is InChI=1S/C15H32N4/c1-4-14-12-19(11-10-17(14)3)15(13-16)6-8-18(5-2)9-7-15/h14H,4-13,16H2,1-3H3. The van der Waals surface area contributed by atoms with Crippen LogP contribution in [0.2, 0.25) is 0 Å². The summed E-state index contributed by atoms with van der Waals surface area (Å²) in [6, 6.07) is 0.710. The Bertz CT molecular complexity index is 273. The van der Waals surface area contributed by atoms with Crippen molar-refractivity contribution in [2.45, 2.75) is 44.7 Å². The van der Waals surface area contributed by atoms with E-state index < -0.39 is 0 Å². The molecule has 1 atom stereocenters. The predicted octanol–water partition coefficient (Wildman–Crippen LogP) is 0.826. The molecule has 0 amide bonds. The quantitative estimate of drug-likeness (QED) is 0.819. The second-order valence-corrected chi connectivity index (χ2v) is 6.35. The Morgan fingerprint density at radius 3 is 2.32 bits per heavy atom. The first kappa shape index (κ1) is 15.2. The molecule has 2 N–H and O–H groups in total. The molecule has 1 unspecified atom stereocenters. The number of piperidine rings is 1. The van der Waals surface area contributed by atoms with Gasteiger partial charge in [-0.05, 0) is 45.9 Å². The lowest BCUT2D eigenvalue weighted by Crippen LogP contribution is -2.65. The number of rotatable bonds is 4. The van der Waals surface area contributed by atoms with E-state index in [-0.39, 0.29) is 5.54 Å². The van der Waals surface area contributed by atoms with E-state index in [0.717, 1.165) is 6.54 Å². The summed E-state index contributed by atoms with van der Waals surface area (Å²) in [5.41, 5.74) is 6.48. The number of piperazine rings is 1. The Labute approximate surface area is 118 Å². The SMILES string of the molecule is CCC1CN(C2(CN)CCN(CC)CC2)CCN1C. The van der Waals surface area contributed by atoms with Crippen LogP contribution in [0.15, 0.2) is 0 Å². The molecule has 19 heavy (non-hydrogen) atoms. The second kappa shape index (κ2) is 6.53. The molecular formula is C15H32N4. The zero-order valence-electron chi connectivity index (χ0n) is 13.1. The highest BCUT2D eigenvalue weighted by atomic mass is 15.3. The van der Waals surface area contributed by atoms with Gasteiger partial charge in [-0.25, -0.2) is 0 Å². The van der Waals surface area contributed by atoms with Crippen LogP contribution in [0.3, 0.4) is 0 Å². The van der Waals surface area contributed by atoms with Crippen molar-refractivity contribution in [1.29, 1.82) is 0 Å². The van der Waals surface area contributed by atoms with Crippen molar-refractivity contribution in [2.24, 2.45) is 5.73 Å². The molecule has 2 fully saturated rings. The minimum absolute atomic E-state index is 0.278. The van der Waals surface area contributed by atoms with E-state index in [9.17, 15) is 0 Å². The lowest BCUT2D eigenvalue weighted by Gasteiger charge is -2.52. The van der Waals surface area contributed by atoms with Crippen LogP contribution < -0.4 is 5.73 Å². The highest BCUT2D eigenvalue weighted by molar-refractivity contribution is 4.99. The van der Waals surface area contributed by atoms with Crippen LogP contribution in [-0.4, -0.2) is 79.1 Å². The smallest absolute Gasteiger partial charge is 0.0357 e. The van der Waals surface area contributed by atoms with Gasteiger partial charge in [-0.1, -0.05) is 13.8 Å². The average Bonchev–Trinajstić information content (AvgIpc) is 2.47. The molecule has 4 nitrogen and oxygen atoms in total. The molecule has 0 aromatic rings. The number of nitrogens with zero attached hydrogens (tertiary/aromatic N) is 3. The Morgan fingerprint density at radius 1 is 1.11 bits per heavy atom. The Kier molecular flexibility index (Phi) is 5.23. The van der Waals surface area contributed by atoms with Crippen LogP contribution in [0, 0.1) is 0 Å². The summed E-state index contributed by atoms with van der Waals surface area (Å²) in [5, 5.41) is 0. The first-order valence-electron chi connectivity index (χ1n) is 8.03. The maximum absolute atomic E-state index is 6.20. The lowest BCUT2D eigenvalue weighted by atomic mass is 9.84. The van der Waals surface area contributed by atoms with Crippen molar-refractivity contribution in [3.05, 3.63) is 0 Å². The normalized spacial score (nSPS) is 30.6. The molecule has 2 aliphatic heterocycles. The summed E-state index contributed by atoms with van der Waals surface area (Å²) in [7, 11) is 2.26. The Hall–Kier alpha value is -0.160. The highest BCUT2D eigenvalue weighted by Gasteiger charge is 2.40. The van der Waals surface area contributed by atoms with E-state index in [0.29, 0.717) is 6.04 Å². The molecule has 0 aromatic carbocycles. The Morgan fingerprint density at radius 2 is 1.79 bits per heavy atom. The fraction of sp³-hybridized carbons (Fsp3) is 1.00. The van der Waals surface area contributed by atoms with Gasteiger partial charge < -0.3 is 15.5 Å². The van der Waals surface area contributed by atoms with Crippen molar-refractivity contribution in [2.75, 3.05) is 52.9 Å². The van der Waals surface area contributed by atoms with Gasteiger partial charge in [-0.2, -0.15) is 0 Å². The molecule has 4 heteroatoms. The molecule has 2 rings (SSSR count). The molecule has 0 spiro atoms. The molecule has 0 aliphatic carbocycles. The molecule has 2 saturated heterocycles. The topological polar surface area (TPSA) is 35.7 Å². The summed E-state index contributed by atoms with van der Waals surface area (Å²) in [4.78, 5) is 7.79. The van der Waals surface area contributed by atoms with Crippen LogP contribution >= 0.6 is 0 Å². The fourth-order valence-electron chi connectivity index (χ4n) is 3.75. The van der Waals surface area contributed by atoms with Crippen molar-refractivity contribution >= 4 is 0 Å². The van der Waals surface area contributed by atoms with Crippen LogP contribution in [-0.2, 0) is 0 Å². The molecule has 0 radical (unpaired) electrons. The van der Waals surface area contributed by atoms with E-state index in [4.69, 9.17) is 5.73 Å². The maximum atomic E-state index is 6.20. The largest absolute Gasteiger partial charge is 0.329 e. The predicted molar refractivity (Wildman–Crippen MR) is 81.4 cm³/mol. The van der Waals surface area contributed by atoms with Crippen molar-refractivity contribution < 1.29 is 0 Å². The molecule has 2 heterocycles. The van der Waals surface area contributed by atoms with Crippen LogP contribution in [0.1, 0.15) is 33.1 Å². The van der Waals surface area contributed by atoms with Gasteiger partial charge in [0.15, 0.2) is 0 Å². The van der Waals surface area contributed by atoms with E-state index >= 15 is 0 Å². The number of hydrogen-bond donors (Lipinski definition) is 1. The van der Waals surface area contributed by atoms with E-state index in [1.165, 1.54) is 58.5 Å². The van der Waals surface area contributed by atoms with Crippen molar-refractivity contribution in [3.63, 3.8) is 0 Å². The molecule has 0 saturated carbocycles. The third-order valence-corrected chi connectivity index (χ3v) is 5.53. The number of nitrogens with two attached hydrogens (primary N) is 1. The summed E-state index contributed by atoms with van der Waals surface area (Å²) < 4.78 is 0. The number of likely N-dealkylation sites (N-methyl/N-ethyl adjacent to an activating group) is 1. The summed E-state index contributed by atoms with van der Waals surface area (Å²) in [6.07, 6.45) is 3.74. The highest BCUT2D eigenvalue weighted by Crippen LogP contribution is 2.30. The van der Waals surface area contributed by atoms with Gasteiger partial charge in [0.05, 0.1) is 0 Å². The summed E-state index contributed by atoms with van der Waals surface area (Å²) in [5.74, 6) is 0. The van der Waals surface area contributed by atoms with Gasteiger partial charge in [0.25, 0.3) is 0 Å². The first-order chi connectivity index (χ1) is 9.15. The second-order valence-electron chi connectivity index (χ2n) is 6.35. The lowest BCUT2D eigenvalue weighted by molar-refractivity contribution is -0.0214. The first-order valence-corrected chi connectivity index (χ1v) is 8.03. The van der Waals surface area contributed by atoms with Gasteiger partial charge in [0.2, 0.25) is 0 Å². The van der Waals surface area contributed by atoms with Crippen molar-refractivity contribution in [3.8, 4) is 0 Å². The minimum atomic E-state index is 0.278. The van der Waals surface area contributed by atoms with Gasteiger partial charge in [0, 0.05) is 37.8 Å². The van der Waals surface area contributed by atoms with Gasteiger partial charge in [-0.15, -0.1) is 0 Å². The van der Waals surface area contributed by atoms with Gasteiger partial charge in [0.1, 0.15) is 0 Å². The van der Waals surface area contributed by atoms with Crippen LogP contribution in [0.25, 0.3) is 0 Å². The molecule has 0 aromatic heterocycles. The third-order valence-electron chi connectivity index (χ3n) is 5.53. The van der Waals surface area contributed by atoms with Crippen LogP contribution in [0.4, 0.5) is 0 Å². The maximum Gasteiger partial charge on any atom is 0.0357 e. The molecule has 0 bridgehead atoms. The molecule has 112 valence electrons. The number of likely N-dealkylation sites (tertiary alicyclic amines) is 1. The molecular weight excluding hydrogens is 236 g/mol. The number of hydrogen-bond acceptors (Lipinski definition) is 4. The van der Waals surface area contributed by atoms with Crippen molar-refractivity contribution in [1.82, 2.24) is 14.7 Å². The fourth-order valence-corrected chi connectivity index (χ4v) is 3.75. The van der Waals surface area contributed by atoms with Crippen LogP contribution in [0.5, 0.6) is 0 Å². The third kappa shape index (κ3) is 3.13. The van der Waals surface area contributed by atoms with Gasteiger partial charge >= 0.3 is 0 Å². The Balaban J connectivity index is 2.01. The van der Waals surface area contributed by atoms with E-state index in [1.807, 2.05) is 0 Å². The van der Waals surface area contributed by atoms with E-state index in [2.05, 4.69) is 35.6 Å². The van der Waals surface area contributed by atoms with Gasteiger partial charge in [-0.3, -0.25) is 4.90 Å². The van der Waals surface area contributed by atoms with E-state index in [1.54, 1.807) is 0 Å². The summed E-state index contributed by atoms with van der Waals surface area (Å²) >= 11 is 0. The zero-order valence-corrected chi connectivity index (χ0v) is 13.1.